The van der Waals surface area contributed by atoms with Gasteiger partial charge in [0.2, 0.25) is 0 Å². The van der Waals surface area contributed by atoms with Gasteiger partial charge in [-0.3, -0.25) is 0 Å². The van der Waals surface area contributed by atoms with Gasteiger partial charge < -0.3 is 19.5 Å². The average molecular weight is 217 g/mol. The Bertz CT molecular complexity index is 210. The number of carboxylic acids is 1. The van der Waals surface area contributed by atoms with E-state index in [0.29, 0.717) is 13.0 Å². The van der Waals surface area contributed by atoms with Crippen molar-refractivity contribution in [3.8, 4) is 0 Å². The zero-order valence-electron chi connectivity index (χ0n) is 9.31. The molecule has 2 atom stereocenters. The highest BCUT2D eigenvalue weighted by Gasteiger charge is 2.30. The fourth-order valence-electron chi connectivity index (χ4n) is 1.71. The van der Waals surface area contributed by atoms with Crippen molar-refractivity contribution in [1.29, 1.82) is 0 Å². The van der Waals surface area contributed by atoms with Crippen LogP contribution in [0.1, 0.15) is 12.8 Å². The molecule has 5 nitrogen and oxygen atoms in total. The Morgan fingerprint density at radius 3 is 2.87 bits per heavy atom. The molecule has 1 aliphatic rings. The van der Waals surface area contributed by atoms with Crippen LogP contribution in [-0.4, -0.2) is 62.0 Å². The Hall–Kier alpha value is -0.650. The van der Waals surface area contributed by atoms with E-state index in [1.165, 1.54) is 0 Å². The van der Waals surface area contributed by atoms with Crippen molar-refractivity contribution in [3.05, 3.63) is 0 Å². The molecule has 0 amide bonds. The molecular weight excluding hydrogens is 198 g/mol. The van der Waals surface area contributed by atoms with Crippen LogP contribution in [0.4, 0.5) is 0 Å². The smallest absolute Gasteiger partial charge is 0.332 e. The van der Waals surface area contributed by atoms with Crippen LogP contribution in [0.2, 0.25) is 0 Å². The van der Waals surface area contributed by atoms with E-state index in [1.54, 1.807) is 7.11 Å². The number of methoxy groups -OCH3 is 1. The Kier molecular flexibility index (Phi) is 5.01. The van der Waals surface area contributed by atoms with Gasteiger partial charge in [0.25, 0.3) is 0 Å². The lowest BCUT2D eigenvalue weighted by atomic mass is 10.2. The van der Waals surface area contributed by atoms with Crippen molar-refractivity contribution in [2.24, 2.45) is 0 Å². The van der Waals surface area contributed by atoms with Gasteiger partial charge in [-0.15, -0.1) is 0 Å². The molecule has 0 aromatic heterocycles. The summed E-state index contributed by atoms with van der Waals surface area (Å²) in [5, 5.41) is 8.75. The van der Waals surface area contributed by atoms with Crippen molar-refractivity contribution >= 4 is 5.97 Å². The molecule has 0 spiro atoms. The van der Waals surface area contributed by atoms with E-state index >= 15 is 0 Å². The molecule has 0 aromatic rings. The van der Waals surface area contributed by atoms with E-state index in [1.807, 2.05) is 7.05 Å². The number of likely N-dealkylation sites (N-methyl/N-ethyl adjacent to an activating group) is 1. The standard InChI is InChI=1S/C10H19NO4/c1-11(5-6-14-2)7-8-3-4-9(15-8)10(12)13/h8-9H,3-7H2,1-2H3,(H,12,13). The fourth-order valence-corrected chi connectivity index (χ4v) is 1.71. The summed E-state index contributed by atoms with van der Waals surface area (Å²) in [7, 11) is 3.65. The molecule has 88 valence electrons. The summed E-state index contributed by atoms with van der Waals surface area (Å²) in [4.78, 5) is 12.7. The molecule has 1 fully saturated rings. The maximum Gasteiger partial charge on any atom is 0.332 e. The second kappa shape index (κ2) is 6.05. The van der Waals surface area contributed by atoms with E-state index in [9.17, 15) is 4.79 Å². The highest BCUT2D eigenvalue weighted by Crippen LogP contribution is 2.20. The topological polar surface area (TPSA) is 59.0 Å². The quantitative estimate of drug-likeness (QED) is 0.688. The Balaban J connectivity index is 2.20. The summed E-state index contributed by atoms with van der Waals surface area (Å²) in [6, 6.07) is 0. The van der Waals surface area contributed by atoms with Crippen molar-refractivity contribution in [3.63, 3.8) is 0 Å². The Morgan fingerprint density at radius 1 is 1.60 bits per heavy atom. The number of aliphatic carboxylic acids is 1. The van der Waals surface area contributed by atoms with E-state index in [2.05, 4.69) is 4.90 Å². The zero-order valence-corrected chi connectivity index (χ0v) is 9.31. The number of carbonyl (C=O) groups is 1. The van der Waals surface area contributed by atoms with E-state index in [-0.39, 0.29) is 6.10 Å². The predicted octanol–water partition coefficient (Wildman–Crippen LogP) is 0.197. The average Bonchev–Trinajstić information content (AvgIpc) is 2.63. The van der Waals surface area contributed by atoms with Gasteiger partial charge in [0.1, 0.15) is 0 Å². The molecule has 0 radical (unpaired) electrons. The molecule has 1 saturated heterocycles. The van der Waals surface area contributed by atoms with Gasteiger partial charge in [-0.05, 0) is 19.9 Å². The Morgan fingerprint density at radius 2 is 2.33 bits per heavy atom. The van der Waals surface area contributed by atoms with Gasteiger partial charge in [-0.25, -0.2) is 4.79 Å². The summed E-state index contributed by atoms with van der Waals surface area (Å²) in [6.07, 6.45) is 0.894. The maximum atomic E-state index is 10.6. The van der Waals surface area contributed by atoms with Gasteiger partial charge in [0, 0.05) is 20.2 Å². The van der Waals surface area contributed by atoms with Crippen molar-refractivity contribution in [2.45, 2.75) is 25.0 Å². The molecule has 1 aliphatic heterocycles. The molecular formula is C10H19NO4. The molecule has 5 heteroatoms. The zero-order chi connectivity index (χ0) is 11.3. The molecule has 0 aliphatic carbocycles. The van der Waals surface area contributed by atoms with Gasteiger partial charge in [0.05, 0.1) is 12.7 Å². The highest BCUT2D eigenvalue weighted by molar-refractivity contribution is 5.72. The lowest BCUT2D eigenvalue weighted by Crippen LogP contribution is -2.32. The minimum absolute atomic E-state index is 0.0490. The first kappa shape index (κ1) is 12.4. The van der Waals surface area contributed by atoms with Crippen LogP contribution >= 0.6 is 0 Å². The minimum Gasteiger partial charge on any atom is -0.479 e. The second-order valence-corrected chi connectivity index (χ2v) is 3.92. The lowest BCUT2D eigenvalue weighted by molar-refractivity contribution is -0.149. The van der Waals surface area contributed by atoms with Crippen LogP contribution in [0.15, 0.2) is 0 Å². The van der Waals surface area contributed by atoms with Crippen LogP contribution in [0.3, 0.4) is 0 Å². The number of rotatable bonds is 6. The summed E-state index contributed by atoms with van der Waals surface area (Å²) < 4.78 is 10.4. The molecule has 1 rings (SSSR count). The van der Waals surface area contributed by atoms with Crippen LogP contribution in [0.25, 0.3) is 0 Å². The lowest BCUT2D eigenvalue weighted by Gasteiger charge is -2.20. The normalized spacial score (nSPS) is 26.1. The van der Waals surface area contributed by atoms with Crippen molar-refractivity contribution in [2.75, 3.05) is 33.9 Å². The van der Waals surface area contributed by atoms with E-state index in [4.69, 9.17) is 14.6 Å². The number of nitrogens with zero attached hydrogens (tertiary/aromatic N) is 1. The number of carboxylic acid groups (broad SMARTS) is 1. The van der Waals surface area contributed by atoms with Crippen molar-refractivity contribution in [1.82, 2.24) is 4.90 Å². The van der Waals surface area contributed by atoms with Gasteiger partial charge in [-0.2, -0.15) is 0 Å². The van der Waals surface area contributed by atoms with E-state index < -0.39 is 12.1 Å². The van der Waals surface area contributed by atoms with Crippen LogP contribution in [0, 0.1) is 0 Å². The minimum atomic E-state index is -0.850. The molecule has 2 unspecified atom stereocenters. The monoisotopic (exact) mass is 217 g/mol. The van der Waals surface area contributed by atoms with Crippen LogP contribution in [0.5, 0.6) is 0 Å². The van der Waals surface area contributed by atoms with Crippen LogP contribution < -0.4 is 0 Å². The third kappa shape index (κ3) is 4.15. The molecule has 0 saturated carbocycles. The van der Waals surface area contributed by atoms with Gasteiger partial charge in [0.15, 0.2) is 6.10 Å². The van der Waals surface area contributed by atoms with Gasteiger partial charge in [-0.1, -0.05) is 0 Å². The maximum absolute atomic E-state index is 10.6. The number of hydrogen-bond acceptors (Lipinski definition) is 4. The first-order valence-corrected chi connectivity index (χ1v) is 5.19. The second-order valence-electron chi connectivity index (χ2n) is 3.92. The first-order chi connectivity index (χ1) is 7.13. The molecule has 1 N–H and O–H groups in total. The van der Waals surface area contributed by atoms with Crippen LogP contribution in [-0.2, 0) is 14.3 Å². The Labute approximate surface area is 90.0 Å². The molecule has 0 bridgehead atoms. The molecule has 0 aromatic carbocycles. The summed E-state index contributed by atoms with van der Waals surface area (Å²) in [5.74, 6) is -0.850. The fraction of sp³-hybridized carbons (Fsp3) is 0.900. The van der Waals surface area contributed by atoms with E-state index in [0.717, 1.165) is 19.5 Å². The summed E-state index contributed by atoms with van der Waals surface area (Å²) >= 11 is 0. The van der Waals surface area contributed by atoms with Gasteiger partial charge >= 0.3 is 5.97 Å². The predicted molar refractivity (Wildman–Crippen MR) is 54.9 cm³/mol. The van der Waals surface area contributed by atoms with Crippen molar-refractivity contribution < 1.29 is 19.4 Å². The summed E-state index contributed by atoms with van der Waals surface area (Å²) in [5.41, 5.74) is 0. The summed E-state index contributed by atoms with van der Waals surface area (Å²) in [6.45, 7) is 2.30. The SMILES string of the molecule is COCCN(C)CC1CCC(C(=O)O)O1. The largest absolute Gasteiger partial charge is 0.479 e. The highest BCUT2D eigenvalue weighted by atomic mass is 16.5. The third-order valence-electron chi connectivity index (χ3n) is 2.58. The number of ether oxygens (including phenoxy) is 2. The number of hydrogen-bond donors (Lipinski definition) is 1. The molecule has 1 heterocycles. The third-order valence-corrected chi connectivity index (χ3v) is 2.58. The molecule has 15 heavy (non-hydrogen) atoms. The first-order valence-electron chi connectivity index (χ1n) is 5.19.